The number of nitro benzene ring substituents is 1. The maximum Gasteiger partial charge on any atom is 0.407 e. The van der Waals surface area contributed by atoms with Crippen LogP contribution in [-0.2, 0) is 21.8 Å². The maximum absolute atomic E-state index is 12.2. The number of benzene rings is 2. The van der Waals surface area contributed by atoms with Crippen molar-refractivity contribution in [3.8, 4) is 0 Å². The van der Waals surface area contributed by atoms with Gasteiger partial charge in [-0.3, -0.25) is 10.1 Å². The lowest BCUT2D eigenvalue weighted by Crippen LogP contribution is -2.37. The van der Waals surface area contributed by atoms with Crippen LogP contribution < -0.4 is 0 Å². The molecule has 0 bridgehead atoms. The summed E-state index contributed by atoms with van der Waals surface area (Å²) >= 11 is 0. The topological polar surface area (TPSA) is 121 Å². The lowest BCUT2D eigenvalue weighted by atomic mass is 9.77. The van der Waals surface area contributed by atoms with Crippen molar-refractivity contribution in [2.24, 2.45) is 5.92 Å². The molecule has 1 atom stereocenters. The van der Waals surface area contributed by atoms with Crippen LogP contribution in [0.5, 0.6) is 0 Å². The molecule has 1 fully saturated rings. The van der Waals surface area contributed by atoms with Crippen LogP contribution in [0.1, 0.15) is 50.7 Å². The predicted octanol–water partition coefficient (Wildman–Crippen LogP) is 5.52. The van der Waals surface area contributed by atoms with Crippen LogP contribution in [-0.4, -0.2) is 72.0 Å². The molecule has 2 aromatic carbocycles. The van der Waals surface area contributed by atoms with E-state index in [0.717, 1.165) is 38.9 Å². The number of likely N-dealkylation sites (tertiary alicyclic amines) is 1. The molecule has 9 nitrogen and oxygen atoms in total. The standard InChI is InChI=1S/C30H41N3O6S/c1-3-40(38,39)23-18-30(2,27-9-5-4-6-10-27)17-22-31-20-15-25(16-21-31)8-7-19-32(29(34)35)24-26-11-13-28(14-12-26)33(36)37/h4-14,25H,3,15-24H2,1-2H3,(H,34,35). The summed E-state index contributed by atoms with van der Waals surface area (Å²) in [6.45, 7) is 7.07. The first-order valence-corrected chi connectivity index (χ1v) is 15.7. The number of allylic oxidation sites excluding steroid dienone is 1. The third kappa shape index (κ3) is 9.45. The van der Waals surface area contributed by atoms with Crippen LogP contribution in [0.25, 0.3) is 0 Å². The molecule has 0 aliphatic carbocycles. The van der Waals surface area contributed by atoms with Crippen molar-refractivity contribution in [2.75, 3.05) is 37.7 Å². The van der Waals surface area contributed by atoms with Crippen molar-refractivity contribution in [3.05, 3.63) is 88.0 Å². The predicted molar refractivity (Wildman–Crippen MR) is 157 cm³/mol. The average Bonchev–Trinajstić information content (AvgIpc) is 2.96. The van der Waals surface area contributed by atoms with Crippen molar-refractivity contribution < 1.29 is 23.2 Å². The van der Waals surface area contributed by atoms with Gasteiger partial charge >= 0.3 is 6.09 Å². The summed E-state index contributed by atoms with van der Waals surface area (Å²) in [5, 5.41) is 20.4. The quantitative estimate of drug-likeness (QED) is 0.180. The number of sulfone groups is 1. The van der Waals surface area contributed by atoms with Gasteiger partial charge in [-0.2, -0.15) is 0 Å². The van der Waals surface area contributed by atoms with Gasteiger partial charge in [0.2, 0.25) is 0 Å². The molecule has 2 aromatic rings. The Kier molecular flexibility index (Phi) is 11.3. The largest absolute Gasteiger partial charge is 0.465 e. The van der Waals surface area contributed by atoms with Crippen molar-refractivity contribution in [3.63, 3.8) is 0 Å². The molecule has 1 N–H and O–H groups in total. The van der Waals surface area contributed by atoms with E-state index in [1.807, 2.05) is 24.3 Å². The smallest absolute Gasteiger partial charge is 0.407 e. The van der Waals surface area contributed by atoms with E-state index in [-0.39, 0.29) is 35.7 Å². The highest BCUT2D eigenvalue weighted by molar-refractivity contribution is 7.91. The first-order valence-electron chi connectivity index (χ1n) is 13.9. The van der Waals surface area contributed by atoms with Crippen molar-refractivity contribution in [2.45, 2.75) is 51.5 Å². The molecule has 0 aromatic heterocycles. The molecular formula is C30H41N3O6S. The van der Waals surface area contributed by atoms with Gasteiger partial charge in [-0.15, -0.1) is 0 Å². The van der Waals surface area contributed by atoms with Gasteiger partial charge in [0, 0.05) is 31.0 Å². The fourth-order valence-electron chi connectivity index (χ4n) is 5.09. The highest BCUT2D eigenvalue weighted by Crippen LogP contribution is 2.33. The summed E-state index contributed by atoms with van der Waals surface area (Å²) in [5.41, 5.74) is 1.64. The number of carbonyl (C=O) groups is 1. The number of nitro groups is 1. The summed E-state index contributed by atoms with van der Waals surface area (Å²) in [6.07, 6.45) is 6.43. The molecular weight excluding hydrogens is 530 g/mol. The van der Waals surface area contributed by atoms with Crippen molar-refractivity contribution >= 4 is 21.6 Å². The Morgan fingerprint density at radius 1 is 1.12 bits per heavy atom. The van der Waals surface area contributed by atoms with E-state index in [0.29, 0.717) is 17.9 Å². The lowest BCUT2D eigenvalue weighted by Gasteiger charge is -2.36. The highest BCUT2D eigenvalue weighted by Gasteiger charge is 2.29. The molecule has 10 heteroatoms. The zero-order valence-corrected chi connectivity index (χ0v) is 24.3. The molecule has 218 valence electrons. The zero-order valence-electron chi connectivity index (χ0n) is 23.4. The molecule has 1 aliphatic rings. The SMILES string of the molecule is CCS(=O)(=O)CCC(C)(CCN1CCC(C=CCN(Cc2ccc([N+](=O)[O-])cc2)C(=O)O)CC1)c1ccccc1. The van der Waals surface area contributed by atoms with Gasteiger partial charge in [0.05, 0.1) is 10.7 Å². The van der Waals surface area contributed by atoms with Gasteiger partial charge in [-0.1, -0.05) is 68.5 Å². The zero-order chi connectivity index (χ0) is 29.2. The van der Waals surface area contributed by atoms with Crippen molar-refractivity contribution in [1.29, 1.82) is 0 Å². The molecule has 1 saturated heterocycles. The fourth-order valence-corrected chi connectivity index (χ4v) is 6.14. The summed E-state index contributed by atoms with van der Waals surface area (Å²) in [4.78, 5) is 25.8. The van der Waals surface area contributed by atoms with E-state index < -0.39 is 20.9 Å². The first kappa shape index (κ1) is 31.3. The van der Waals surface area contributed by atoms with Gasteiger partial charge in [0.1, 0.15) is 9.84 Å². The second-order valence-electron chi connectivity index (χ2n) is 10.9. The van der Waals surface area contributed by atoms with E-state index in [9.17, 15) is 28.4 Å². The summed E-state index contributed by atoms with van der Waals surface area (Å²) in [6, 6.07) is 16.1. The third-order valence-electron chi connectivity index (χ3n) is 8.01. The van der Waals surface area contributed by atoms with Crippen LogP contribution in [0.4, 0.5) is 10.5 Å². The Morgan fingerprint density at radius 2 is 1.77 bits per heavy atom. The Hall–Kier alpha value is -3.24. The number of piperidine rings is 1. The molecule has 1 unspecified atom stereocenters. The second kappa shape index (κ2) is 14.4. The van der Waals surface area contributed by atoms with Gasteiger partial charge in [0.15, 0.2) is 0 Å². The van der Waals surface area contributed by atoms with Gasteiger partial charge < -0.3 is 14.9 Å². The molecule has 40 heavy (non-hydrogen) atoms. The Labute approximate surface area is 237 Å². The first-order chi connectivity index (χ1) is 19.0. The number of carboxylic acid groups (broad SMARTS) is 1. The average molecular weight is 572 g/mol. The minimum Gasteiger partial charge on any atom is -0.465 e. The number of hydrogen-bond donors (Lipinski definition) is 1. The monoisotopic (exact) mass is 571 g/mol. The van der Waals surface area contributed by atoms with Crippen LogP contribution >= 0.6 is 0 Å². The van der Waals surface area contributed by atoms with Gasteiger partial charge in [-0.05, 0) is 67.8 Å². The van der Waals surface area contributed by atoms with Crippen molar-refractivity contribution in [1.82, 2.24) is 9.80 Å². The Bertz CT molecular complexity index is 1240. The maximum atomic E-state index is 12.2. The fraction of sp³-hybridized carbons (Fsp3) is 0.500. The van der Waals surface area contributed by atoms with Crippen LogP contribution in [0.15, 0.2) is 66.7 Å². The summed E-state index contributed by atoms with van der Waals surface area (Å²) < 4.78 is 24.5. The normalized spacial score (nSPS) is 16.6. The molecule has 0 radical (unpaired) electrons. The van der Waals surface area contributed by atoms with E-state index in [1.54, 1.807) is 19.1 Å². The number of non-ortho nitro benzene ring substituents is 1. The van der Waals surface area contributed by atoms with Crippen LogP contribution in [0, 0.1) is 16.0 Å². The van der Waals surface area contributed by atoms with Gasteiger partial charge in [0.25, 0.3) is 5.69 Å². The highest BCUT2D eigenvalue weighted by atomic mass is 32.2. The molecule has 1 amide bonds. The summed E-state index contributed by atoms with van der Waals surface area (Å²) in [7, 11) is -3.04. The molecule has 3 rings (SSSR count). The molecule has 0 saturated carbocycles. The molecule has 1 heterocycles. The van der Waals surface area contributed by atoms with Crippen LogP contribution in [0.3, 0.4) is 0 Å². The van der Waals surface area contributed by atoms with E-state index >= 15 is 0 Å². The van der Waals surface area contributed by atoms with Crippen LogP contribution in [0.2, 0.25) is 0 Å². The molecule has 0 spiro atoms. The minimum atomic E-state index is -3.04. The number of amides is 1. The number of rotatable bonds is 14. The molecule has 1 aliphatic heterocycles. The van der Waals surface area contributed by atoms with E-state index in [1.165, 1.54) is 22.6 Å². The summed E-state index contributed by atoms with van der Waals surface area (Å²) in [5.74, 6) is 0.737. The number of nitrogens with zero attached hydrogens (tertiary/aromatic N) is 3. The number of hydrogen-bond acceptors (Lipinski definition) is 6. The van der Waals surface area contributed by atoms with E-state index in [4.69, 9.17) is 0 Å². The van der Waals surface area contributed by atoms with Gasteiger partial charge in [-0.25, -0.2) is 13.2 Å². The van der Waals surface area contributed by atoms with E-state index in [2.05, 4.69) is 30.0 Å². The third-order valence-corrected chi connectivity index (χ3v) is 9.72. The Balaban J connectivity index is 1.49. The lowest BCUT2D eigenvalue weighted by molar-refractivity contribution is -0.384. The second-order valence-corrected chi connectivity index (χ2v) is 13.3. The Morgan fingerprint density at radius 3 is 2.35 bits per heavy atom. The minimum absolute atomic E-state index is 0.0222.